The van der Waals surface area contributed by atoms with Crippen molar-refractivity contribution in [2.45, 2.75) is 4.83 Å². The molecule has 1 nitrogen and oxygen atoms in total. The zero-order valence-corrected chi connectivity index (χ0v) is 7.25. The summed E-state index contributed by atoms with van der Waals surface area (Å²) in [6.45, 7) is 0. The van der Waals surface area contributed by atoms with Gasteiger partial charge >= 0.3 is 0 Å². The van der Waals surface area contributed by atoms with Crippen LogP contribution in [0.1, 0.15) is 0 Å². The molecule has 0 aliphatic heterocycles. The molecule has 0 aliphatic carbocycles. The SMILES string of the molecule is O=C(Cl)C(Br)CBr. The standard InChI is InChI=1S/C3H3Br2ClO/c4-1-2(5)3(6)7/h2H,1H2. The molecule has 0 aliphatic rings. The molecule has 0 saturated heterocycles. The Balaban J connectivity index is 3.34. The van der Waals surface area contributed by atoms with Gasteiger partial charge in [-0.3, -0.25) is 4.79 Å². The molecule has 4 heteroatoms. The molecule has 0 fully saturated rings. The van der Waals surface area contributed by atoms with Crippen molar-refractivity contribution in [2.75, 3.05) is 5.33 Å². The van der Waals surface area contributed by atoms with E-state index in [1.54, 1.807) is 0 Å². The minimum atomic E-state index is -0.364. The maximum atomic E-state index is 10.1. The Kier molecular flexibility index (Phi) is 4.37. The molecule has 0 radical (unpaired) electrons. The predicted octanol–water partition coefficient (Wildman–Crippen LogP) is 1.91. The van der Waals surface area contributed by atoms with E-state index >= 15 is 0 Å². The summed E-state index contributed by atoms with van der Waals surface area (Å²) in [7, 11) is 0. The van der Waals surface area contributed by atoms with Gasteiger partial charge in [0.15, 0.2) is 0 Å². The molecule has 0 spiro atoms. The molecule has 0 aromatic carbocycles. The second-order valence-corrected chi connectivity index (χ2v) is 3.05. The molecular formula is C3H3Br2ClO. The maximum Gasteiger partial charge on any atom is 0.236 e. The quantitative estimate of drug-likeness (QED) is 0.540. The smallest absolute Gasteiger partial charge is 0.236 e. The summed E-state index contributed by atoms with van der Waals surface area (Å²) < 4.78 is 0. The van der Waals surface area contributed by atoms with Crippen LogP contribution < -0.4 is 0 Å². The van der Waals surface area contributed by atoms with Crippen LogP contribution in [0.4, 0.5) is 0 Å². The van der Waals surface area contributed by atoms with E-state index in [1.165, 1.54) is 0 Å². The second-order valence-electron chi connectivity index (χ2n) is 0.926. The van der Waals surface area contributed by atoms with Crippen LogP contribution in [0.5, 0.6) is 0 Å². The van der Waals surface area contributed by atoms with Gasteiger partial charge in [-0.1, -0.05) is 31.9 Å². The fraction of sp³-hybridized carbons (Fsp3) is 0.667. The molecule has 0 aromatic heterocycles. The average Bonchev–Trinajstić information content (AvgIpc) is 1.65. The third-order valence-corrected chi connectivity index (χ3v) is 3.16. The van der Waals surface area contributed by atoms with Crippen LogP contribution in [0.25, 0.3) is 0 Å². The lowest BCUT2D eigenvalue weighted by Crippen LogP contribution is -2.07. The van der Waals surface area contributed by atoms with E-state index in [-0.39, 0.29) is 10.1 Å². The van der Waals surface area contributed by atoms with Crippen LogP contribution in [0, 0.1) is 0 Å². The molecule has 0 aromatic rings. The Morgan fingerprint density at radius 3 is 2.29 bits per heavy atom. The van der Waals surface area contributed by atoms with E-state index in [0.717, 1.165) is 0 Å². The summed E-state index contributed by atoms with van der Waals surface area (Å²) >= 11 is 11.1. The number of carbonyl (C=O) groups excluding carboxylic acids is 1. The zero-order valence-electron chi connectivity index (χ0n) is 3.33. The van der Waals surface area contributed by atoms with Crippen molar-refractivity contribution in [3.05, 3.63) is 0 Å². The fourth-order valence-electron chi connectivity index (χ4n) is 0.0607. The van der Waals surface area contributed by atoms with E-state index in [2.05, 4.69) is 31.9 Å². The number of hydrogen-bond donors (Lipinski definition) is 0. The van der Waals surface area contributed by atoms with Gasteiger partial charge in [-0.05, 0) is 11.6 Å². The topological polar surface area (TPSA) is 17.1 Å². The highest BCUT2D eigenvalue weighted by Gasteiger charge is 2.07. The van der Waals surface area contributed by atoms with Crippen LogP contribution in [0.3, 0.4) is 0 Å². The van der Waals surface area contributed by atoms with E-state index in [1.807, 2.05) is 0 Å². The van der Waals surface area contributed by atoms with Gasteiger partial charge in [-0.2, -0.15) is 0 Å². The average molecular weight is 250 g/mol. The van der Waals surface area contributed by atoms with Crippen molar-refractivity contribution in [3.63, 3.8) is 0 Å². The van der Waals surface area contributed by atoms with E-state index in [0.29, 0.717) is 5.33 Å². The van der Waals surface area contributed by atoms with Crippen molar-refractivity contribution in [1.29, 1.82) is 0 Å². The lowest BCUT2D eigenvalue weighted by molar-refractivity contribution is -0.110. The summed E-state index contributed by atoms with van der Waals surface area (Å²) in [5, 5.41) is 0.201. The van der Waals surface area contributed by atoms with Crippen LogP contribution in [0.2, 0.25) is 0 Å². The third-order valence-electron chi connectivity index (χ3n) is 0.382. The van der Waals surface area contributed by atoms with Crippen LogP contribution >= 0.6 is 43.5 Å². The molecular weight excluding hydrogens is 247 g/mol. The minimum absolute atomic E-state index is 0.242. The largest absolute Gasteiger partial charge is 0.280 e. The summed E-state index contributed by atoms with van der Waals surface area (Å²) in [6.07, 6.45) is 0. The summed E-state index contributed by atoms with van der Waals surface area (Å²) in [4.78, 5) is 9.82. The fourth-order valence-corrected chi connectivity index (χ4v) is 0.618. The molecule has 0 bridgehead atoms. The van der Waals surface area contributed by atoms with Crippen molar-refractivity contribution < 1.29 is 4.79 Å². The number of carbonyl (C=O) groups is 1. The van der Waals surface area contributed by atoms with Gasteiger partial charge in [0.25, 0.3) is 0 Å². The first-order chi connectivity index (χ1) is 3.18. The number of rotatable bonds is 2. The van der Waals surface area contributed by atoms with Crippen molar-refractivity contribution >= 4 is 48.7 Å². The summed E-state index contributed by atoms with van der Waals surface area (Å²) in [5.74, 6) is 0. The highest BCUT2D eigenvalue weighted by molar-refractivity contribution is 9.12. The third kappa shape index (κ3) is 3.50. The second kappa shape index (κ2) is 3.87. The minimum Gasteiger partial charge on any atom is -0.280 e. The van der Waals surface area contributed by atoms with Crippen LogP contribution in [-0.2, 0) is 4.79 Å². The van der Waals surface area contributed by atoms with Crippen LogP contribution in [0.15, 0.2) is 0 Å². The monoisotopic (exact) mass is 248 g/mol. The van der Waals surface area contributed by atoms with Gasteiger partial charge in [-0.15, -0.1) is 0 Å². The van der Waals surface area contributed by atoms with Crippen molar-refractivity contribution in [1.82, 2.24) is 0 Å². The van der Waals surface area contributed by atoms with Crippen molar-refractivity contribution in [3.8, 4) is 0 Å². The Hall–Kier alpha value is 0.920. The summed E-state index contributed by atoms with van der Waals surface area (Å²) in [6, 6.07) is 0. The molecule has 0 rings (SSSR count). The lowest BCUT2D eigenvalue weighted by Gasteiger charge is -1.92. The van der Waals surface area contributed by atoms with Gasteiger partial charge < -0.3 is 0 Å². The van der Waals surface area contributed by atoms with Crippen molar-refractivity contribution in [2.24, 2.45) is 0 Å². The molecule has 0 saturated carbocycles. The molecule has 42 valence electrons. The molecule has 7 heavy (non-hydrogen) atoms. The number of halogens is 3. The zero-order chi connectivity index (χ0) is 5.86. The predicted molar refractivity (Wildman–Crippen MR) is 37.4 cm³/mol. The summed E-state index contributed by atoms with van der Waals surface area (Å²) in [5.41, 5.74) is 0. The first-order valence-corrected chi connectivity index (χ1v) is 3.99. The van der Waals surface area contributed by atoms with Gasteiger partial charge in [0.05, 0.1) is 4.83 Å². The Morgan fingerprint density at radius 2 is 2.29 bits per heavy atom. The highest BCUT2D eigenvalue weighted by atomic mass is 79.9. The van der Waals surface area contributed by atoms with Crippen LogP contribution in [-0.4, -0.2) is 15.4 Å². The molecule has 0 N–H and O–H groups in total. The van der Waals surface area contributed by atoms with E-state index in [4.69, 9.17) is 11.6 Å². The Morgan fingerprint density at radius 1 is 1.86 bits per heavy atom. The van der Waals surface area contributed by atoms with Gasteiger partial charge in [0.1, 0.15) is 0 Å². The normalized spacial score (nSPS) is 13.6. The molecule has 1 atom stereocenters. The van der Waals surface area contributed by atoms with E-state index in [9.17, 15) is 4.79 Å². The lowest BCUT2D eigenvalue weighted by atomic mass is 10.6. The molecule has 0 amide bonds. The van der Waals surface area contributed by atoms with Gasteiger partial charge in [0.2, 0.25) is 5.24 Å². The first-order valence-electron chi connectivity index (χ1n) is 1.58. The Labute approximate surface area is 63.7 Å². The van der Waals surface area contributed by atoms with Gasteiger partial charge in [-0.25, -0.2) is 0 Å². The van der Waals surface area contributed by atoms with E-state index < -0.39 is 0 Å². The number of hydrogen-bond acceptors (Lipinski definition) is 1. The molecule has 1 unspecified atom stereocenters. The first kappa shape index (κ1) is 7.92. The highest BCUT2D eigenvalue weighted by Crippen LogP contribution is 2.06. The molecule has 0 heterocycles. The Bertz CT molecular complexity index is 75.3. The number of alkyl halides is 2. The maximum absolute atomic E-state index is 10.1. The van der Waals surface area contributed by atoms with Gasteiger partial charge in [0, 0.05) is 5.33 Å².